The Kier molecular flexibility index (Phi) is 4.76. The Hall–Kier alpha value is -1.69. The van der Waals surface area contributed by atoms with E-state index in [2.05, 4.69) is 0 Å². The van der Waals surface area contributed by atoms with E-state index in [0.717, 1.165) is 16.7 Å². The molecule has 1 aliphatic rings. The van der Waals surface area contributed by atoms with Gasteiger partial charge in [-0.05, 0) is 43.5 Å². The van der Waals surface area contributed by atoms with Crippen LogP contribution in [-0.4, -0.2) is 32.0 Å². The minimum absolute atomic E-state index is 0.00366. The second-order valence-electron chi connectivity index (χ2n) is 6.39. The number of sulfonamides is 1. The summed E-state index contributed by atoms with van der Waals surface area (Å²) >= 11 is 0. The van der Waals surface area contributed by atoms with Crippen molar-refractivity contribution in [3.05, 3.63) is 65.2 Å². The number of benzene rings is 2. The van der Waals surface area contributed by atoms with Crippen molar-refractivity contribution in [2.45, 2.75) is 37.8 Å². The molecule has 0 amide bonds. The van der Waals surface area contributed by atoms with Gasteiger partial charge in [0.2, 0.25) is 10.0 Å². The van der Waals surface area contributed by atoms with Crippen LogP contribution in [0.5, 0.6) is 0 Å². The first-order valence-corrected chi connectivity index (χ1v) is 9.59. The van der Waals surface area contributed by atoms with Gasteiger partial charge in [-0.3, -0.25) is 0 Å². The predicted octanol–water partition coefficient (Wildman–Crippen LogP) is 3.45. The fraction of sp³-hybridized carbons (Fsp3) is 0.368. The molecule has 2 unspecified atom stereocenters. The molecule has 3 rings (SSSR count). The summed E-state index contributed by atoms with van der Waals surface area (Å²) in [6.07, 6.45) is -0.00366. The number of epoxide rings is 1. The zero-order valence-electron chi connectivity index (χ0n) is 14.3. The molecule has 24 heavy (non-hydrogen) atoms. The van der Waals surface area contributed by atoms with Gasteiger partial charge in [0.15, 0.2) is 0 Å². The van der Waals surface area contributed by atoms with E-state index >= 15 is 0 Å². The van der Waals surface area contributed by atoms with Crippen LogP contribution in [0.25, 0.3) is 0 Å². The SMILES string of the molecule is Cc1ccc(C)c(S(=O)(=O)N(CC2CO2)C(C)c2ccccc2)c1. The minimum atomic E-state index is -3.60. The van der Waals surface area contributed by atoms with Crippen LogP contribution in [0.1, 0.15) is 29.7 Å². The first-order valence-electron chi connectivity index (χ1n) is 8.15. The van der Waals surface area contributed by atoms with Gasteiger partial charge in [-0.1, -0.05) is 42.5 Å². The largest absolute Gasteiger partial charge is 0.372 e. The van der Waals surface area contributed by atoms with Crippen LogP contribution in [0.15, 0.2) is 53.4 Å². The summed E-state index contributed by atoms with van der Waals surface area (Å²) in [4.78, 5) is 0.380. The van der Waals surface area contributed by atoms with E-state index in [-0.39, 0.29) is 12.1 Å². The van der Waals surface area contributed by atoms with E-state index in [4.69, 9.17) is 4.74 Å². The molecule has 1 fully saturated rings. The van der Waals surface area contributed by atoms with Crippen LogP contribution in [-0.2, 0) is 14.8 Å². The number of rotatable bonds is 6. The van der Waals surface area contributed by atoms with Crippen molar-refractivity contribution in [3.63, 3.8) is 0 Å². The van der Waals surface area contributed by atoms with E-state index in [9.17, 15) is 8.42 Å². The highest BCUT2D eigenvalue weighted by molar-refractivity contribution is 7.89. The fourth-order valence-corrected chi connectivity index (χ4v) is 4.81. The van der Waals surface area contributed by atoms with E-state index in [0.29, 0.717) is 18.0 Å². The molecule has 0 N–H and O–H groups in total. The Morgan fingerprint density at radius 3 is 2.46 bits per heavy atom. The third-order valence-corrected chi connectivity index (χ3v) is 6.51. The molecule has 1 saturated heterocycles. The summed E-state index contributed by atoms with van der Waals surface area (Å²) in [5.74, 6) is 0. The van der Waals surface area contributed by atoms with Crippen LogP contribution in [0, 0.1) is 13.8 Å². The fourth-order valence-electron chi connectivity index (χ4n) is 2.85. The van der Waals surface area contributed by atoms with E-state index in [1.807, 2.05) is 63.2 Å². The molecule has 0 aliphatic carbocycles. The van der Waals surface area contributed by atoms with Crippen LogP contribution in [0.3, 0.4) is 0 Å². The molecule has 0 saturated carbocycles. The van der Waals surface area contributed by atoms with Gasteiger partial charge in [0, 0.05) is 12.6 Å². The third kappa shape index (κ3) is 3.53. The van der Waals surface area contributed by atoms with Gasteiger partial charge >= 0.3 is 0 Å². The molecule has 128 valence electrons. The summed E-state index contributed by atoms with van der Waals surface area (Å²) < 4.78 is 33.6. The smallest absolute Gasteiger partial charge is 0.243 e. The lowest BCUT2D eigenvalue weighted by Gasteiger charge is -2.29. The van der Waals surface area contributed by atoms with E-state index in [1.54, 1.807) is 10.4 Å². The van der Waals surface area contributed by atoms with Crippen molar-refractivity contribution in [3.8, 4) is 0 Å². The third-order valence-electron chi connectivity index (χ3n) is 4.43. The maximum absolute atomic E-state index is 13.4. The predicted molar refractivity (Wildman–Crippen MR) is 94.4 cm³/mol. The van der Waals surface area contributed by atoms with Gasteiger partial charge in [0.05, 0.1) is 17.6 Å². The van der Waals surface area contributed by atoms with Gasteiger partial charge in [-0.25, -0.2) is 8.42 Å². The van der Waals surface area contributed by atoms with E-state index < -0.39 is 10.0 Å². The lowest BCUT2D eigenvalue weighted by atomic mass is 10.1. The number of aryl methyl sites for hydroxylation is 2. The molecular weight excluding hydrogens is 322 g/mol. The second kappa shape index (κ2) is 6.67. The molecule has 1 heterocycles. The van der Waals surface area contributed by atoms with Gasteiger partial charge in [-0.15, -0.1) is 0 Å². The first kappa shape index (κ1) is 17.1. The maximum atomic E-state index is 13.4. The average Bonchev–Trinajstić information content (AvgIpc) is 3.39. The average molecular weight is 345 g/mol. The molecule has 0 radical (unpaired) electrons. The van der Waals surface area contributed by atoms with Crippen molar-refractivity contribution in [2.75, 3.05) is 13.2 Å². The summed E-state index contributed by atoms with van der Waals surface area (Å²) in [6.45, 7) is 6.69. The zero-order chi connectivity index (χ0) is 17.3. The number of hydrogen-bond donors (Lipinski definition) is 0. The molecule has 2 aromatic rings. The summed E-state index contributed by atoms with van der Waals surface area (Å²) in [5, 5.41) is 0. The lowest BCUT2D eigenvalue weighted by Crippen LogP contribution is -2.37. The second-order valence-corrected chi connectivity index (χ2v) is 8.24. The molecule has 0 bridgehead atoms. The molecule has 4 nitrogen and oxygen atoms in total. The highest BCUT2D eigenvalue weighted by Gasteiger charge is 2.36. The molecule has 0 spiro atoms. The highest BCUT2D eigenvalue weighted by atomic mass is 32.2. The van der Waals surface area contributed by atoms with Crippen LogP contribution in [0.4, 0.5) is 0 Å². The van der Waals surface area contributed by atoms with Gasteiger partial charge < -0.3 is 4.74 Å². The monoisotopic (exact) mass is 345 g/mol. The van der Waals surface area contributed by atoms with Crippen LogP contribution in [0.2, 0.25) is 0 Å². The summed E-state index contributed by atoms with van der Waals surface area (Å²) in [5.41, 5.74) is 2.68. The number of ether oxygens (including phenoxy) is 1. The van der Waals surface area contributed by atoms with E-state index in [1.165, 1.54) is 0 Å². The van der Waals surface area contributed by atoms with Crippen molar-refractivity contribution < 1.29 is 13.2 Å². The quantitative estimate of drug-likeness (QED) is 0.754. The Morgan fingerprint density at radius 2 is 1.83 bits per heavy atom. The highest BCUT2D eigenvalue weighted by Crippen LogP contribution is 2.31. The van der Waals surface area contributed by atoms with Crippen molar-refractivity contribution in [1.82, 2.24) is 4.31 Å². The van der Waals surface area contributed by atoms with Crippen LogP contribution < -0.4 is 0 Å². The number of hydrogen-bond acceptors (Lipinski definition) is 3. The topological polar surface area (TPSA) is 49.9 Å². The molecule has 0 aromatic heterocycles. The lowest BCUT2D eigenvalue weighted by molar-refractivity contribution is 0.295. The summed E-state index contributed by atoms with van der Waals surface area (Å²) in [7, 11) is -3.60. The van der Waals surface area contributed by atoms with Gasteiger partial charge in [0.1, 0.15) is 0 Å². The molecule has 5 heteroatoms. The zero-order valence-corrected chi connectivity index (χ0v) is 15.1. The summed E-state index contributed by atoms with van der Waals surface area (Å²) in [6, 6.07) is 15.0. The Labute approximate surface area is 144 Å². The van der Waals surface area contributed by atoms with Gasteiger partial charge in [0.25, 0.3) is 0 Å². The molecular formula is C19H23NO3S. The maximum Gasteiger partial charge on any atom is 0.243 e. The normalized spacial score (nSPS) is 18.6. The van der Waals surface area contributed by atoms with Crippen molar-refractivity contribution >= 4 is 10.0 Å². The van der Waals surface area contributed by atoms with Crippen molar-refractivity contribution in [2.24, 2.45) is 0 Å². The molecule has 2 aromatic carbocycles. The minimum Gasteiger partial charge on any atom is -0.372 e. The molecule has 2 atom stereocenters. The van der Waals surface area contributed by atoms with Crippen LogP contribution >= 0.6 is 0 Å². The number of nitrogens with zero attached hydrogens (tertiary/aromatic N) is 1. The Morgan fingerprint density at radius 1 is 1.17 bits per heavy atom. The Balaban J connectivity index is 2.02. The first-order chi connectivity index (χ1) is 11.4. The molecule has 1 aliphatic heterocycles. The Bertz CT molecular complexity index is 814. The van der Waals surface area contributed by atoms with Gasteiger partial charge in [-0.2, -0.15) is 4.31 Å². The van der Waals surface area contributed by atoms with Crippen molar-refractivity contribution in [1.29, 1.82) is 0 Å². The standard InChI is InChI=1S/C19H23NO3S/c1-14-9-10-15(2)19(11-14)24(21,22)20(12-18-13-23-18)16(3)17-7-5-4-6-8-17/h4-11,16,18H,12-13H2,1-3H3.